The molecule has 0 fully saturated rings. The van der Waals surface area contributed by atoms with Crippen molar-refractivity contribution in [2.24, 2.45) is 10.4 Å². The highest BCUT2D eigenvalue weighted by Crippen LogP contribution is 2.29. The smallest absolute Gasteiger partial charge is 0.0717 e. The van der Waals surface area contributed by atoms with E-state index in [1.165, 1.54) is 16.7 Å². The summed E-state index contributed by atoms with van der Waals surface area (Å²) in [4.78, 5) is 4.67. The normalized spacial score (nSPS) is 11.6. The van der Waals surface area contributed by atoms with Gasteiger partial charge in [-0.15, -0.1) is 6.58 Å². The number of rotatable bonds is 14. The molecule has 0 saturated carbocycles. The van der Waals surface area contributed by atoms with Crippen LogP contribution in [0.2, 0.25) is 0 Å². The second-order valence-corrected chi connectivity index (χ2v) is 8.16. The minimum absolute atomic E-state index is 0.203. The van der Waals surface area contributed by atoms with Gasteiger partial charge in [-0.3, -0.25) is 4.99 Å². The Morgan fingerprint density at radius 1 is 0.656 bits per heavy atom. The van der Waals surface area contributed by atoms with E-state index in [-0.39, 0.29) is 5.41 Å². The van der Waals surface area contributed by atoms with Gasteiger partial charge in [0.1, 0.15) is 0 Å². The van der Waals surface area contributed by atoms with Crippen molar-refractivity contribution >= 4 is 6.21 Å². The van der Waals surface area contributed by atoms with Gasteiger partial charge in [0.05, 0.1) is 33.0 Å². The lowest BCUT2D eigenvalue weighted by Crippen LogP contribution is -2.32. The topological polar surface area (TPSA) is 30.8 Å². The van der Waals surface area contributed by atoms with Crippen molar-refractivity contribution in [3.05, 3.63) is 120 Å². The van der Waals surface area contributed by atoms with Crippen molar-refractivity contribution < 1.29 is 9.47 Å². The van der Waals surface area contributed by atoms with Gasteiger partial charge in [-0.05, 0) is 35.7 Å². The van der Waals surface area contributed by atoms with E-state index in [4.69, 9.17) is 9.47 Å². The van der Waals surface area contributed by atoms with Crippen LogP contribution in [0, 0.1) is 5.41 Å². The molecule has 3 aromatic rings. The highest BCUT2D eigenvalue weighted by molar-refractivity contribution is 5.58. The molecule has 0 N–H and O–H groups in total. The summed E-state index contributed by atoms with van der Waals surface area (Å²) in [6.45, 7) is 7.01. The van der Waals surface area contributed by atoms with Crippen LogP contribution >= 0.6 is 0 Å². The monoisotopic (exact) mass is 427 g/mol. The molecular formula is C29H33NO2. The Labute approximate surface area is 192 Å². The van der Waals surface area contributed by atoms with Gasteiger partial charge in [0, 0.05) is 5.41 Å². The molecular weight excluding hydrogens is 394 g/mol. The number of nitrogens with zero attached hydrogens (tertiary/aromatic N) is 1. The highest BCUT2D eigenvalue weighted by atomic mass is 16.5. The third-order valence-corrected chi connectivity index (χ3v) is 5.39. The summed E-state index contributed by atoms with van der Waals surface area (Å²) in [5, 5.41) is 0. The maximum absolute atomic E-state index is 6.17. The lowest BCUT2D eigenvalue weighted by molar-refractivity contribution is -0.0277. The first-order valence-corrected chi connectivity index (χ1v) is 11.2. The fraction of sp³-hybridized carbons (Fsp3) is 0.276. The van der Waals surface area contributed by atoms with Gasteiger partial charge in [-0.1, -0.05) is 97.1 Å². The number of benzene rings is 3. The van der Waals surface area contributed by atoms with Crippen molar-refractivity contribution in [3.63, 3.8) is 0 Å². The maximum atomic E-state index is 6.17. The molecule has 0 bridgehead atoms. The van der Waals surface area contributed by atoms with Crippen molar-refractivity contribution in [1.82, 2.24) is 0 Å². The van der Waals surface area contributed by atoms with Gasteiger partial charge < -0.3 is 9.47 Å². The summed E-state index contributed by atoms with van der Waals surface area (Å²) in [5.74, 6) is 0. The summed E-state index contributed by atoms with van der Waals surface area (Å²) in [5.41, 5.74) is 3.34. The summed E-state index contributed by atoms with van der Waals surface area (Å²) in [6, 6.07) is 30.8. The molecule has 0 amide bonds. The standard InChI is InChI=1S/C29H33NO2/c1-2-18-29(24-31-22-27-14-8-4-9-15-27,25-32-23-28-16-10-5-11-17-28)19-20-30-21-26-12-6-3-7-13-26/h2-17,20H,1,18-19,21-25H2. The zero-order chi connectivity index (χ0) is 22.3. The molecule has 3 nitrogen and oxygen atoms in total. The number of hydrogen-bond acceptors (Lipinski definition) is 3. The zero-order valence-electron chi connectivity index (χ0n) is 18.7. The van der Waals surface area contributed by atoms with E-state index in [2.05, 4.69) is 48.0 Å². The van der Waals surface area contributed by atoms with Crippen LogP contribution in [0.25, 0.3) is 0 Å². The third kappa shape index (κ3) is 8.26. The van der Waals surface area contributed by atoms with E-state index >= 15 is 0 Å². The first-order valence-electron chi connectivity index (χ1n) is 11.2. The Morgan fingerprint density at radius 3 is 1.59 bits per heavy atom. The van der Waals surface area contributed by atoms with Crippen LogP contribution in [0.15, 0.2) is 109 Å². The van der Waals surface area contributed by atoms with Gasteiger partial charge >= 0.3 is 0 Å². The van der Waals surface area contributed by atoms with Gasteiger partial charge in [0.25, 0.3) is 0 Å². The first-order chi connectivity index (χ1) is 15.8. The molecule has 3 rings (SSSR count). The predicted molar refractivity (Wildman–Crippen MR) is 133 cm³/mol. The van der Waals surface area contributed by atoms with E-state index in [1.807, 2.05) is 66.9 Å². The van der Waals surface area contributed by atoms with E-state index in [1.54, 1.807) is 0 Å². The summed E-state index contributed by atoms with van der Waals surface area (Å²) in [7, 11) is 0. The van der Waals surface area contributed by atoms with E-state index < -0.39 is 0 Å². The minimum Gasteiger partial charge on any atom is -0.376 e. The molecule has 0 aliphatic heterocycles. The van der Waals surface area contributed by atoms with E-state index in [0.29, 0.717) is 33.0 Å². The summed E-state index contributed by atoms with van der Waals surface area (Å²) in [6.07, 6.45) is 5.56. The fourth-order valence-electron chi connectivity index (χ4n) is 3.60. The highest BCUT2D eigenvalue weighted by Gasteiger charge is 2.29. The molecule has 0 unspecified atom stereocenters. The van der Waals surface area contributed by atoms with Gasteiger partial charge in [0.15, 0.2) is 0 Å². The molecule has 0 spiro atoms. The minimum atomic E-state index is -0.203. The summed E-state index contributed by atoms with van der Waals surface area (Å²) >= 11 is 0. The van der Waals surface area contributed by atoms with Crippen molar-refractivity contribution in [2.75, 3.05) is 13.2 Å². The molecule has 0 aliphatic rings. The van der Waals surface area contributed by atoms with Gasteiger partial charge in [-0.25, -0.2) is 0 Å². The number of aliphatic imine (C=N–C) groups is 1. The van der Waals surface area contributed by atoms with Crippen LogP contribution in [0.5, 0.6) is 0 Å². The Kier molecular flexibility index (Phi) is 9.91. The maximum Gasteiger partial charge on any atom is 0.0717 e. The van der Waals surface area contributed by atoms with Crippen LogP contribution in [0.1, 0.15) is 29.5 Å². The lowest BCUT2D eigenvalue weighted by Gasteiger charge is -2.31. The summed E-state index contributed by atoms with van der Waals surface area (Å²) < 4.78 is 12.3. The molecule has 3 aromatic carbocycles. The number of allylic oxidation sites excluding steroid dienone is 1. The van der Waals surface area contributed by atoms with E-state index in [9.17, 15) is 0 Å². The van der Waals surface area contributed by atoms with Gasteiger partial charge in [-0.2, -0.15) is 0 Å². The Hall–Kier alpha value is -3.01. The molecule has 0 aromatic heterocycles. The van der Waals surface area contributed by atoms with Crippen molar-refractivity contribution in [1.29, 1.82) is 0 Å². The third-order valence-electron chi connectivity index (χ3n) is 5.39. The number of ether oxygens (including phenoxy) is 2. The van der Waals surface area contributed by atoms with Crippen LogP contribution in [0.4, 0.5) is 0 Å². The molecule has 0 atom stereocenters. The van der Waals surface area contributed by atoms with Crippen molar-refractivity contribution in [3.8, 4) is 0 Å². The lowest BCUT2D eigenvalue weighted by atomic mass is 9.83. The predicted octanol–water partition coefficient (Wildman–Crippen LogP) is 6.64. The SMILES string of the molecule is C=CCC(CC=NCc1ccccc1)(COCc1ccccc1)COCc1ccccc1. The molecule has 32 heavy (non-hydrogen) atoms. The largest absolute Gasteiger partial charge is 0.376 e. The molecule has 0 aliphatic carbocycles. The molecule has 0 radical (unpaired) electrons. The van der Waals surface area contributed by atoms with Gasteiger partial charge in [0.2, 0.25) is 0 Å². The van der Waals surface area contributed by atoms with Crippen LogP contribution < -0.4 is 0 Å². The first kappa shape index (κ1) is 23.6. The average Bonchev–Trinajstić information content (AvgIpc) is 2.84. The average molecular weight is 428 g/mol. The van der Waals surface area contributed by atoms with Crippen LogP contribution in [-0.2, 0) is 29.2 Å². The fourth-order valence-corrected chi connectivity index (χ4v) is 3.60. The van der Waals surface area contributed by atoms with Crippen molar-refractivity contribution in [2.45, 2.75) is 32.6 Å². The molecule has 0 heterocycles. The van der Waals surface area contributed by atoms with E-state index in [0.717, 1.165) is 12.8 Å². The Morgan fingerprint density at radius 2 is 1.12 bits per heavy atom. The second-order valence-electron chi connectivity index (χ2n) is 8.16. The number of hydrogen-bond donors (Lipinski definition) is 0. The molecule has 0 saturated heterocycles. The molecule has 166 valence electrons. The molecule has 3 heteroatoms. The van der Waals surface area contributed by atoms with Crippen LogP contribution in [-0.4, -0.2) is 19.4 Å². The second kappa shape index (κ2) is 13.4. The Balaban J connectivity index is 1.62. The zero-order valence-corrected chi connectivity index (χ0v) is 18.7. The van der Waals surface area contributed by atoms with Crippen LogP contribution in [0.3, 0.4) is 0 Å². The Bertz CT molecular complexity index is 878. The quantitative estimate of drug-likeness (QED) is 0.213.